The molecule has 1 unspecified atom stereocenters. The van der Waals surface area contributed by atoms with Crippen LogP contribution >= 0.6 is 0 Å². The Morgan fingerprint density at radius 3 is 2.46 bits per heavy atom. The van der Waals surface area contributed by atoms with Gasteiger partial charge in [-0.15, -0.1) is 0 Å². The summed E-state index contributed by atoms with van der Waals surface area (Å²) in [6, 6.07) is 4.43. The summed E-state index contributed by atoms with van der Waals surface area (Å²) in [5.41, 5.74) is 0.743. The van der Waals surface area contributed by atoms with Crippen LogP contribution in [-0.4, -0.2) is 35.1 Å². The van der Waals surface area contributed by atoms with Crippen LogP contribution in [0.15, 0.2) is 24.3 Å². The Morgan fingerprint density at radius 1 is 1.23 bits per heavy atom. The Morgan fingerprint density at radius 2 is 1.88 bits per heavy atom. The van der Waals surface area contributed by atoms with Crippen LogP contribution in [0.2, 0.25) is 0 Å². The minimum atomic E-state index is -0.848. The van der Waals surface area contributed by atoms with Gasteiger partial charge in [-0.2, -0.15) is 0 Å². The van der Waals surface area contributed by atoms with Gasteiger partial charge in [0.15, 0.2) is 0 Å². The molecule has 3 amide bonds. The summed E-state index contributed by atoms with van der Waals surface area (Å²) in [7, 11) is 0. The second-order valence-corrected chi connectivity index (χ2v) is 6.51. The van der Waals surface area contributed by atoms with Gasteiger partial charge < -0.3 is 21.1 Å². The van der Waals surface area contributed by atoms with Gasteiger partial charge in [0.2, 0.25) is 5.91 Å². The first-order valence-corrected chi connectivity index (χ1v) is 8.71. The fraction of sp³-hybridized carbons (Fsp3) is 0.500. The van der Waals surface area contributed by atoms with E-state index < -0.39 is 24.0 Å². The van der Waals surface area contributed by atoms with Crippen LogP contribution in [0.4, 0.5) is 9.18 Å². The van der Waals surface area contributed by atoms with E-state index in [1.807, 2.05) is 6.92 Å². The molecule has 0 saturated heterocycles. The van der Waals surface area contributed by atoms with Crippen LogP contribution in [0.3, 0.4) is 0 Å². The molecule has 0 radical (unpaired) electrons. The Balaban J connectivity index is 1.78. The predicted molar refractivity (Wildman–Crippen MR) is 92.8 cm³/mol. The minimum absolute atomic E-state index is 0.160. The lowest BCUT2D eigenvalue weighted by Crippen LogP contribution is -2.55. The molecule has 26 heavy (non-hydrogen) atoms. The Bertz CT molecular complexity index is 644. The maximum absolute atomic E-state index is 12.9. The lowest BCUT2D eigenvalue weighted by molar-refractivity contribution is -0.146. The van der Waals surface area contributed by atoms with E-state index in [1.165, 1.54) is 12.1 Å². The highest BCUT2D eigenvalue weighted by atomic mass is 19.1. The van der Waals surface area contributed by atoms with Gasteiger partial charge in [-0.3, -0.25) is 9.59 Å². The van der Waals surface area contributed by atoms with E-state index in [0.29, 0.717) is 25.7 Å². The zero-order chi connectivity index (χ0) is 19.1. The summed E-state index contributed by atoms with van der Waals surface area (Å²) in [5, 5.41) is 16.9. The lowest BCUT2D eigenvalue weighted by atomic mass is 9.80. The average molecular weight is 365 g/mol. The Labute approximate surface area is 151 Å². The summed E-state index contributed by atoms with van der Waals surface area (Å²) < 4.78 is 12.9. The van der Waals surface area contributed by atoms with Gasteiger partial charge >= 0.3 is 12.0 Å². The van der Waals surface area contributed by atoms with Crippen LogP contribution < -0.4 is 16.0 Å². The van der Waals surface area contributed by atoms with Crippen LogP contribution in [-0.2, 0) is 16.1 Å². The van der Waals surface area contributed by atoms with Crippen LogP contribution in [0.1, 0.15) is 38.2 Å². The summed E-state index contributed by atoms with van der Waals surface area (Å²) in [6.07, 6.45) is 2.01. The monoisotopic (exact) mass is 365 g/mol. The molecule has 1 fully saturated rings. The second kappa shape index (κ2) is 9.17. The molecule has 0 heterocycles. The maximum atomic E-state index is 12.9. The summed E-state index contributed by atoms with van der Waals surface area (Å²) >= 11 is 0. The van der Waals surface area contributed by atoms with Crippen LogP contribution in [0.25, 0.3) is 0 Å². The molecule has 142 valence electrons. The molecule has 0 spiro atoms. The fourth-order valence-electron chi connectivity index (χ4n) is 2.79. The third-order valence-electron chi connectivity index (χ3n) is 4.40. The number of rotatable bonds is 8. The molecule has 8 heteroatoms. The SMILES string of the molecule is CCCC(NC(=O)NCc1ccc(F)cc1)C(=O)NC1CC(C(=O)O)C1. The highest BCUT2D eigenvalue weighted by molar-refractivity contribution is 5.87. The van der Waals surface area contributed by atoms with Gasteiger partial charge in [0.05, 0.1) is 5.92 Å². The number of hydrogen-bond acceptors (Lipinski definition) is 3. The van der Waals surface area contributed by atoms with Crippen molar-refractivity contribution in [1.82, 2.24) is 16.0 Å². The molecule has 0 aliphatic heterocycles. The number of nitrogens with one attached hydrogen (secondary N) is 3. The van der Waals surface area contributed by atoms with Crippen molar-refractivity contribution in [2.24, 2.45) is 5.92 Å². The van der Waals surface area contributed by atoms with Crippen LogP contribution in [0.5, 0.6) is 0 Å². The Kier molecular flexibility index (Phi) is 6.94. The molecule has 1 aromatic rings. The molecule has 4 N–H and O–H groups in total. The third-order valence-corrected chi connectivity index (χ3v) is 4.40. The number of aliphatic carboxylic acids is 1. The van der Waals surface area contributed by atoms with E-state index >= 15 is 0 Å². The maximum Gasteiger partial charge on any atom is 0.315 e. The van der Waals surface area contributed by atoms with Crippen molar-refractivity contribution < 1.29 is 23.9 Å². The summed E-state index contributed by atoms with van der Waals surface area (Å²) in [4.78, 5) is 35.2. The zero-order valence-electron chi connectivity index (χ0n) is 14.6. The van der Waals surface area contributed by atoms with Gasteiger partial charge in [0.1, 0.15) is 11.9 Å². The third kappa shape index (κ3) is 5.72. The van der Waals surface area contributed by atoms with Gasteiger partial charge in [-0.1, -0.05) is 25.5 Å². The number of carboxylic acids is 1. The van der Waals surface area contributed by atoms with Crippen molar-refractivity contribution in [3.63, 3.8) is 0 Å². The first kappa shape index (κ1) is 19.7. The second-order valence-electron chi connectivity index (χ2n) is 6.51. The lowest BCUT2D eigenvalue weighted by Gasteiger charge is -2.34. The standard InChI is InChI=1S/C18H24FN3O4/c1-2-3-15(16(23)21-14-8-12(9-14)17(24)25)22-18(26)20-10-11-4-6-13(19)7-5-11/h4-7,12,14-15H,2-3,8-10H2,1H3,(H,21,23)(H,24,25)(H2,20,22,26). The van der Waals surface area contributed by atoms with Crippen molar-refractivity contribution in [2.75, 3.05) is 0 Å². The largest absolute Gasteiger partial charge is 0.481 e. The molecular formula is C18H24FN3O4. The van der Waals surface area contributed by atoms with Gasteiger partial charge in [-0.05, 0) is 37.0 Å². The van der Waals surface area contributed by atoms with Gasteiger partial charge in [-0.25, -0.2) is 9.18 Å². The molecule has 7 nitrogen and oxygen atoms in total. The number of carbonyl (C=O) groups excluding carboxylic acids is 2. The number of amides is 3. The molecule has 2 rings (SSSR count). The van der Waals surface area contributed by atoms with E-state index in [1.54, 1.807) is 12.1 Å². The number of hydrogen-bond donors (Lipinski definition) is 4. The molecule has 0 aromatic heterocycles. The quantitative estimate of drug-likeness (QED) is 0.563. The van der Waals surface area contributed by atoms with Crippen molar-refractivity contribution in [3.05, 3.63) is 35.6 Å². The zero-order valence-corrected chi connectivity index (χ0v) is 14.6. The number of halogens is 1. The van der Waals surface area contributed by atoms with E-state index in [2.05, 4.69) is 16.0 Å². The number of urea groups is 1. The highest BCUT2D eigenvalue weighted by Gasteiger charge is 2.36. The normalized spacial score (nSPS) is 19.8. The molecule has 0 bridgehead atoms. The topological polar surface area (TPSA) is 108 Å². The smallest absolute Gasteiger partial charge is 0.315 e. The van der Waals surface area contributed by atoms with Crippen molar-refractivity contribution in [3.8, 4) is 0 Å². The van der Waals surface area contributed by atoms with Crippen molar-refractivity contribution in [1.29, 1.82) is 0 Å². The fourth-order valence-corrected chi connectivity index (χ4v) is 2.79. The summed E-state index contributed by atoms with van der Waals surface area (Å²) in [5.74, 6) is -1.91. The average Bonchev–Trinajstić information content (AvgIpc) is 2.56. The van der Waals surface area contributed by atoms with E-state index in [4.69, 9.17) is 5.11 Å². The first-order valence-electron chi connectivity index (χ1n) is 8.71. The number of carbonyl (C=O) groups is 3. The molecule has 1 saturated carbocycles. The molecule has 1 aromatic carbocycles. The molecule has 1 aliphatic carbocycles. The predicted octanol–water partition coefficient (Wildman–Crippen LogP) is 1.77. The Hall–Kier alpha value is -2.64. The van der Waals surface area contributed by atoms with Gasteiger partial charge in [0.25, 0.3) is 0 Å². The van der Waals surface area contributed by atoms with Crippen LogP contribution in [0, 0.1) is 11.7 Å². The van der Waals surface area contributed by atoms with E-state index in [0.717, 1.165) is 5.56 Å². The molecule has 1 aliphatic rings. The van der Waals surface area contributed by atoms with Crippen molar-refractivity contribution in [2.45, 2.75) is 51.2 Å². The van der Waals surface area contributed by atoms with Crippen molar-refractivity contribution >= 4 is 17.9 Å². The number of carboxylic acid groups (broad SMARTS) is 1. The van der Waals surface area contributed by atoms with Gasteiger partial charge in [0, 0.05) is 12.6 Å². The van der Waals surface area contributed by atoms with E-state index in [-0.39, 0.29) is 24.3 Å². The molecule has 1 atom stereocenters. The highest BCUT2D eigenvalue weighted by Crippen LogP contribution is 2.27. The number of benzene rings is 1. The van der Waals surface area contributed by atoms with E-state index in [9.17, 15) is 18.8 Å². The summed E-state index contributed by atoms with van der Waals surface area (Å²) in [6.45, 7) is 2.12. The minimum Gasteiger partial charge on any atom is -0.481 e. The first-order chi connectivity index (χ1) is 12.4. The molecular weight excluding hydrogens is 341 g/mol.